The number of amides is 1. The molecule has 1 unspecified atom stereocenters. The van der Waals surface area contributed by atoms with Crippen LogP contribution >= 0.6 is 0 Å². The van der Waals surface area contributed by atoms with Gasteiger partial charge < -0.3 is 14.4 Å². The predicted molar refractivity (Wildman–Crippen MR) is 125 cm³/mol. The van der Waals surface area contributed by atoms with Gasteiger partial charge in [0, 0.05) is 6.54 Å². The van der Waals surface area contributed by atoms with Crippen LogP contribution in [0, 0.1) is 23.7 Å². The number of fused-ring (bicyclic) bond motifs is 1. The Morgan fingerprint density at radius 1 is 1.15 bits per heavy atom. The number of ether oxygens (including phenoxy) is 2. The Morgan fingerprint density at radius 2 is 1.94 bits per heavy atom. The van der Waals surface area contributed by atoms with Crippen molar-refractivity contribution in [1.82, 2.24) is 4.90 Å². The molecule has 5 rings (SSSR count). The largest absolute Gasteiger partial charge is 0.497 e. The van der Waals surface area contributed by atoms with Crippen LogP contribution in [0.15, 0.2) is 48.5 Å². The Bertz CT molecular complexity index is 1050. The molecule has 5 atom stereocenters. The fourth-order valence-electron chi connectivity index (χ4n) is 6.95. The Labute approximate surface area is 196 Å². The second-order valence-electron chi connectivity index (χ2n) is 10.0. The van der Waals surface area contributed by atoms with Crippen molar-refractivity contribution in [2.75, 3.05) is 13.7 Å². The van der Waals surface area contributed by atoms with Crippen LogP contribution in [0.4, 0.5) is 0 Å². The lowest BCUT2D eigenvalue weighted by atomic mass is 9.51. The van der Waals surface area contributed by atoms with Gasteiger partial charge in [-0.15, -0.1) is 0 Å². The van der Waals surface area contributed by atoms with Gasteiger partial charge in [0.2, 0.25) is 5.91 Å². The molecule has 0 spiro atoms. The second-order valence-corrected chi connectivity index (χ2v) is 10.0. The van der Waals surface area contributed by atoms with Gasteiger partial charge in [-0.25, -0.2) is 0 Å². The van der Waals surface area contributed by atoms with Crippen LogP contribution in [0.1, 0.15) is 49.8 Å². The zero-order valence-corrected chi connectivity index (χ0v) is 19.8. The van der Waals surface area contributed by atoms with Crippen LogP contribution in [0.5, 0.6) is 5.75 Å². The molecule has 2 fully saturated rings. The molecule has 0 aromatic heterocycles. The quantitative estimate of drug-likeness (QED) is 0.492. The molecule has 2 aliphatic carbocycles. The molecule has 1 saturated carbocycles. The highest BCUT2D eigenvalue weighted by Crippen LogP contribution is 2.60. The molecule has 2 aromatic rings. The highest BCUT2D eigenvalue weighted by Gasteiger charge is 2.61. The smallest absolute Gasteiger partial charge is 0.318 e. The van der Waals surface area contributed by atoms with Gasteiger partial charge in [0.15, 0.2) is 0 Å². The second kappa shape index (κ2) is 8.51. The van der Waals surface area contributed by atoms with Crippen molar-refractivity contribution in [1.29, 1.82) is 0 Å². The summed E-state index contributed by atoms with van der Waals surface area (Å²) in [6, 6.07) is 16.5. The van der Waals surface area contributed by atoms with E-state index in [4.69, 9.17) is 9.47 Å². The van der Waals surface area contributed by atoms with Gasteiger partial charge in [-0.3, -0.25) is 9.59 Å². The van der Waals surface area contributed by atoms with Crippen molar-refractivity contribution in [3.05, 3.63) is 65.2 Å². The highest BCUT2D eigenvalue weighted by molar-refractivity contribution is 5.99. The Balaban J connectivity index is 1.67. The summed E-state index contributed by atoms with van der Waals surface area (Å²) >= 11 is 0. The van der Waals surface area contributed by atoms with E-state index in [9.17, 15) is 9.59 Å². The molecule has 33 heavy (non-hydrogen) atoms. The van der Waals surface area contributed by atoms with E-state index in [2.05, 4.69) is 31.2 Å². The van der Waals surface area contributed by atoms with E-state index in [1.54, 1.807) is 14.0 Å². The predicted octanol–water partition coefficient (Wildman–Crippen LogP) is 4.72. The third-order valence-corrected chi connectivity index (χ3v) is 8.10. The molecular formula is C28H33NO4. The summed E-state index contributed by atoms with van der Waals surface area (Å²) in [5.74, 6) is 0.847. The van der Waals surface area contributed by atoms with Crippen molar-refractivity contribution in [3.8, 4) is 5.75 Å². The third-order valence-electron chi connectivity index (χ3n) is 8.10. The standard InChI is InChI=1S/C28H33NO4/c1-4-33-27(31)23-15-25-20-12-18(2)16-28(25,24-11-10-22(32-3)14-21(24)13-20)29(26(23)30)17-19-8-6-5-7-9-19/h5-11,14,18,20,23,25H,4,12-13,15-17H2,1-3H3/t18-,20+,23?,25-,28+/m1/s1. The summed E-state index contributed by atoms with van der Waals surface area (Å²) in [7, 11) is 1.70. The van der Waals surface area contributed by atoms with E-state index in [0.29, 0.717) is 31.4 Å². The topological polar surface area (TPSA) is 55.8 Å². The number of nitrogens with zero attached hydrogens (tertiary/aromatic N) is 1. The van der Waals surface area contributed by atoms with Gasteiger partial charge in [0.25, 0.3) is 0 Å². The average Bonchev–Trinajstić information content (AvgIpc) is 2.81. The minimum atomic E-state index is -0.720. The fourth-order valence-corrected chi connectivity index (χ4v) is 6.95. The molecule has 1 aliphatic heterocycles. The van der Waals surface area contributed by atoms with Crippen molar-refractivity contribution >= 4 is 11.9 Å². The number of methoxy groups -OCH3 is 1. The first-order chi connectivity index (χ1) is 16.0. The monoisotopic (exact) mass is 447 g/mol. The van der Waals surface area contributed by atoms with E-state index in [1.807, 2.05) is 29.2 Å². The Hall–Kier alpha value is -2.82. The fraction of sp³-hybridized carbons (Fsp3) is 0.500. The molecule has 5 nitrogen and oxygen atoms in total. The van der Waals surface area contributed by atoms with Crippen LogP contribution in [0.3, 0.4) is 0 Å². The zero-order valence-electron chi connectivity index (χ0n) is 19.8. The molecule has 2 aromatic carbocycles. The molecule has 1 amide bonds. The molecular weight excluding hydrogens is 414 g/mol. The molecule has 3 aliphatic rings. The molecule has 0 radical (unpaired) electrons. The average molecular weight is 448 g/mol. The van der Waals surface area contributed by atoms with Gasteiger partial charge in [-0.2, -0.15) is 0 Å². The van der Waals surface area contributed by atoms with Crippen molar-refractivity contribution < 1.29 is 19.1 Å². The van der Waals surface area contributed by atoms with Crippen LogP contribution < -0.4 is 4.74 Å². The highest BCUT2D eigenvalue weighted by atomic mass is 16.5. The van der Waals surface area contributed by atoms with E-state index in [0.717, 1.165) is 30.6 Å². The maximum absolute atomic E-state index is 14.0. The van der Waals surface area contributed by atoms with Crippen LogP contribution in [-0.2, 0) is 32.8 Å². The maximum atomic E-state index is 14.0. The SMILES string of the molecule is CCOC(=O)C1C[C@@H]2[C@@H]3Cc4cc(OC)ccc4[C@]2(C[C@H](C)C3)N(Cc2ccccc2)C1=O. The summed E-state index contributed by atoms with van der Waals surface area (Å²) in [6.45, 7) is 4.90. The summed E-state index contributed by atoms with van der Waals surface area (Å²) < 4.78 is 10.9. The van der Waals surface area contributed by atoms with Crippen LogP contribution in [0.25, 0.3) is 0 Å². The lowest BCUT2D eigenvalue weighted by molar-refractivity contribution is -0.178. The number of hydrogen-bond acceptors (Lipinski definition) is 4. The van der Waals surface area contributed by atoms with Gasteiger partial charge in [0.1, 0.15) is 11.7 Å². The minimum Gasteiger partial charge on any atom is -0.497 e. The number of benzene rings is 2. The summed E-state index contributed by atoms with van der Waals surface area (Å²) in [4.78, 5) is 29.0. The molecule has 0 N–H and O–H groups in total. The lowest BCUT2D eigenvalue weighted by Crippen LogP contribution is -2.66. The third kappa shape index (κ3) is 3.53. The first-order valence-electron chi connectivity index (χ1n) is 12.2. The van der Waals surface area contributed by atoms with Gasteiger partial charge in [0.05, 0.1) is 19.3 Å². The number of piperidine rings is 1. The first kappa shape index (κ1) is 22.0. The Morgan fingerprint density at radius 3 is 2.67 bits per heavy atom. The van der Waals surface area contributed by atoms with Crippen molar-refractivity contribution in [2.24, 2.45) is 23.7 Å². The molecule has 5 heteroatoms. The minimum absolute atomic E-state index is 0.0925. The number of hydrogen-bond donors (Lipinski definition) is 0. The summed E-state index contributed by atoms with van der Waals surface area (Å²) in [6.07, 6.45) is 3.58. The van der Waals surface area contributed by atoms with E-state index in [1.165, 1.54) is 11.1 Å². The lowest BCUT2D eigenvalue weighted by Gasteiger charge is -2.62. The first-order valence-corrected chi connectivity index (χ1v) is 12.2. The van der Waals surface area contributed by atoms with Gasteiger partial charge in [-0.1, -0.05) is 43.3 Å². The van der Waals surface area contributed by atoms with Crippen LogP contribution in [0.2, 0.25) is 0 Å². The van der Waals surface area contributed by atoms with Crippen molar-refractivity contribution in [3.63, 3.8) is 0 Å². The summed E-state index contributed by atoms with van der Waals surface area (Å²) in [5, 5.41) is 0. The molecule has 2 bridgehead atoms. The number of rotatable bonds is 5. The molecule has 174 valence electrons. The molecule has 1 saturated heterocycles. The maximum Gasteiger partial charge on any atom is 0.318 e. The van der Waals surface area contributed by atoms with Crippen molar-refractivity contribution in [2.45, 2.75) is 51.6 Å². The van der Waals surface area contributed by atoms with E-state index >= 15 is 0 Å². The number of carbonyl (C=O) groups is 2. The normalized spacial score (nSPS) is 30.3. The van der Waals surface area contributed by atoms with Crippen LogP contribution in [-0.4, -0.2) is 30.5 Å². The van der Waals surface area contributed by atoms with Gasteiger partial charge >= 0.3 is 5.97 Å². The zero-order chi connectivity index (χ0) is 23.2. The Kier molecular flexibility index (Phi) is 5.67. The number of esters is 1. The summed E-state index contributed by atoms with van der Waals surface area (Å²) in [5.41, 5.74) is 3.20. The van der Waals surface area contributed by atoms with E-state index < -0.39 is 11.5 Å². The van der Waals surface area contributed by atoms with Gasteiger partial charge in [-0.05, 0) is 79.2 Å². The number of likely N-dealkylation sites (tertiary alicyclic amines) is 1. The molecule has 1 heterocycles. The number of carbonyl (C=O) groups excluding carboxylic acids is 2. The van der Waals surface area contributed by atoms with E-state index in [-0.39, 0.29) is 17.8 Å².